The molecule has 0 amide bonds. The van der Waals surface area contributed by atoms with E-state index in [0.29, 0.717) is 19.6 Å². The number of halogens is 2. The number of aliphatic carboxylic acids is 1. The normalized spacial score (nSPS) is 21.0. The molecular formula is C20H19F2NO2. The second-order valence-electron chi connectivity index (χ2n) is 6.28. The van der Waals surface area contributed by atoms with Gasteiger partial charge in [-0.2, -0.15) is 0 Å². The van der Waals surface area contributed by atoms with Crippen LogP contribution in [0.3, 0.4) is 0 Å². The molecular weight excluding hydrogens is 324 g/mol. The zero-order chi connectivity index (χ0) is 17.8. The molecule has 130 valence electrons. The van der Waals surface area contributed by atoms with Crippen LogP contribution in [0.2, 0.25) is 0 Å². The summed E-state index contributed by atoms with van der Waals surface area (Å²) in [5, 5.41) is 9.49. The summed E-state index contributed by atoms with van der Waals surface area (Å²) in [6.45, 7) is 1.57. The number of carbonyl (C=O) groups is 1. The van der Waals surface area contributed by atoms with Crippen LogP contribution in [0.1, 0.15) is 17.0 Å². The summed E-state index contributed by atoms with van der Waals surface area (Å²) in [5.74, 6) is -2.28. The van der Waals surface area contributed by atoms with E-state index in [1.807, 2.05) is 17.1 Å². The van der Waals surface area contributed by atoms with Crippen LogP contribution in [0.4, 0.5) is 8.78 Å². The van der Waals surface area contributed by atoms with E-state index in [2.05, 4.69) is 0 Å². The lowest BCUT2D eigenvalue weighted by Gasteiger charge is -2.15. The highest BCUT2D eigenvalue weighted by Gasteiger charge is 2.38. The molecule has 25 heavy (non-hydrogen) atoms. The largest absolute Gasteiger partial charge is 0.481 e. The molecule has 0 bridgehead atoms. The smallest absolute Gasteiger partial charge is 0.308 e. The van der Waals surface area contributed by atoms with Crippen LogP contribution in [0.15, 0.2) is 54.6 Å². The summed E-state index contributed by atoms with van der Waals surface area (Å²) in [6, 6.07) is 12.3. The Hall–Kier alpha value is -2.53. The van der Waals surface area contributed by atoms with Crippen molar-refractivity contribution in [3.63, 3.8) is 0 Å². The predicted octanol–water partition coefficient (Wildman–Crippen LogP) is 3.78. The lowest BCUT2D eigenvalue weighted by Crippen LogP contribution is -2.23. The lowest BCUT2D eigenvalue weighted by molar-refractivity contribution is -0.141. The number of rotatable bonds is 5. The van der Waals surface area contributed by atoms with Gasteiger partial charge < -0.3 is 5.11 Å². The first-order chi connectivity index (χ1) is 12.0. The predicted molar refractivity (Wildman–Crippen MR) is 92.1 cm³/mol. The molecule has 2 aromatic rings. The second-order valence-corrected chi connectivity index (χ2v) is 6.28. The first kappa shape index (κ1) is 17.3. The third kappa shape index (κ3) is 4.31. The van der Waals surface area contributed by atoms with Gasteiger partial charge in [-0.3, -0.25) is 9.69 Å². The standard InChI is InChI=1S/C20H19F2NO2/c21-16-8-6-14(7-9-16)3-2-10-23-12-18(19(13-23)20(24)25)15-4-1-5-17(22)11-15/h1-9,11,18-19H,10,12-13H2,(H,24,25)/t18-,19+/m0/s1. The fourth-order valence-corrected chi connectivity index (χ4v) is 3.27. The van der Waals surface area contributed by atoms with E-state index in [0.717, 1.165) is 11.1 Å². The monoisotopic (exact) mass is 343 g/mol. The molecule has 0 aromatic heterocycles. The topological polar surface area (TPSA) is 40.5 Å². The quantitative estimate of drug-likeness (QED) is 0.898. The van der Waals surface area contributed by atoms with Crippen molar-refractivity contribution in [1.82, 2.24) is 4.90 Å². The summed E-state index contributed by atoms with van der Waals surface area (Å²) in [4.78, 5) is 13.6. The Morgan fingerprint density at radius 2 is 1.88 bits per heavy atom. The molecule has 0 saturated carbocycles. The van der Waals surface area contributed by atoms with Gasteiger partial charge in [0.25, 0.3) is 0 Å². The van der Waals surface area contributed by atoms with E-state index < -0.39 is 11.9 Å². The zero-order valence-corrected chi connectivity index (χ0v) is 13.6. The van der Waals surface area contributed by atoms with Crippen LogP contribution >= 0.6 is 0 Å². The maximum Gasteiger partial charge on any atom is 0.308 e. The third-order valence-electron chi connectivity index (χ3n) is 4.53. The second kappa shape index (κ2) is 7.57. The maximum atomic E-state index is 13.5. The number of benzene rings is 2. The Kier molecular flexibility index (Phi) is 5.24. The van der Waals surface area contributed by atoms with Crippen molar-refractivity contribution in [2.75, 3.05) is 19.6 Å². The molecule has 1 aliphatic heterocycles. The van der Waals surface area contributed by atoms with E-state index in [-0.39, 0.29) is 17.6 Å². The van der Waals surface area contributed by atoms with Crippen molar-refractivity contribution >= 4 is 12.0 Å². The van der Waals surface area contributed by atoms with Crippen molar-refractivity contribution in [2.45, 2.75) is 5.92 Å². The van der Waals surface area contributed by atoms with E-state index in [1.54, 1.807) is 24.3 Å². The molecule has 1 aliphatic rings. The minimum absolute atomic E-state index is 0.229. The van der Waals surface area contributed by atoms with Crippen LogP contribution in [0, 0.1) is 17.6 Å². The van der Waals surface area contributed by atoms with Gasteiger partial charge in [-0.1, -0.05) is 36.4 Å². The number of hydrogen-bond acceptors (Lipinski definition) is 2. The van der Waals surface area contributed by atoms with Crippen LogP contribution in [-0.2, 0) is 4.79 Å². The van der Waals surface area contributed by atoms with Crippen LogP contribution in [0.5, 0.6) is 0 Å². The average molecular weight is 343 g/mol. The molecule has 2 atom stereocenters. The zero-order valence-electron chi connectivity index (χ0n) is 13.6. The highest BCUT2D eigenvalue weighted by Crippen LogP contribution is 2.33. The Bertz CT molecular complexity index is 774. The lowest BCUT2D eigenvalue weighted by atomic mass is 9.89. The SMILES string of the molecule is O=C(O)[C@@H]1CN(CC=Cc2ccc(F)cc2)C[C@H]1c1cccc(F)c1. The van der Waals surface area contributed by atoms with Crippen molar-refractivity contribution in [1.29, 1.82) is 0 Å². The van der Waals surface area contributed by atoms with Gasteiger partial charge in [-0.05, 0) is 35.4 Å². The number of carboxylic acid groups (broad SMARTS) is 1. The Labute approximate surface area is 145 Å². The molecule has 2 aromatic carbocycles. The number of carboxylic acids is 1. The van der Waals surface area contributed by atoms with Crippen molar-refractivity contribution in [3.8, 4) is 0 Å². The fourth-order valence-electron chi connectivity index (χ4n) is 3.27. The Morgan fingerprint density at radius 3 is 2.56 bits per heavy atom. The molecule has 1 saturated heterocycles. The van der Waals surface area contributed by atoms with Gasteiger partial charge in [0.05, 0.1) is 5.92 Å². The van der Waals surface area contributed by atoms with Gasteiger partial charge in [-0.25, -0.2) is 8.78 Å². The van der Waals surface area contributed by atoms with Gasteiger partial charge >= 0.3 is 5.97 Å². The van der Waals surface area contributed by atoms with E-state index in [1.165, 1.54) is 24.3 Å². The van der Waals surface area contributed by atoms with Gasteiger partial charge in [0.1, 0.15) is 11.6 Å². The summed E-state index contributed by atoms with van der Waals surface area (Å²) in [5.41, 5.74) is 1.61. The molecule has 0 aliphatic carbocycles. The molecule has 0 spiro atoms. The number of hydrogen-bond donors (Lipinski definition) is 1. The van der Waals surface area contributed by atoms with Gasteiger partial charge in [0.2, 0.25) is 0 Å². The first-order valence-electron chi connectivity index (χ1n) is 8.15. The summed E-state index contributed by atoms with van der Waals surface area (Å²) >= 11 is 0. The molecule has 5 heteroatoms. The number of likely N-dealkylation sites (tertiary alicyclic amines) is 1. The molecule has 1 fully saturated rings. The first-order valence-corrected chi connectivity index (χ1v) is 8.15. The highest BCUT2D eigenvalue weighted by molar-refractivity contribution is 5.72. The summed E-state index contributed by atoms with van der Waals surface area (Å²) in [7, 11) is 0. The summed E-state index contributed by atoms with van der Waals surface area (Å²) < 4.78 is 26.4. The molecule has 0 unspecified atom stereocenters. The van der Waals surface area contributed by atoms with Crippen molar-refractivity contribution in [2.24, 2.45) is 5.92 Å². The molecule has 3 rings (SSSR count). The molecule has 0 radical (unpaired) electrons. The maximum absolute atomic E-state index is 13.5. The number of nitrogens with zero attached hydrogens (tertiary/aromatic N) is 1. The minimum atomic E-state index is -0.862. The van der Waals surface area contributed by atoms with Crippen molar-refractivity contribution < 1.29 is 18.7 Å². The van der Waals surface area contributed by atoms with E-state index >= 15 is 0 Å². The average Bonchev–Trinajstić information content (AvgIpc) is 3.01. The Morgan fingerprint density at radius 1 is 1.12 bits per heavy atom. The van der Waals surface area contributed by atoms with Crippen molar-refractivity contribution in [3.05, 3.63) is 77.4 Å². The van der Waals surface area contributed by atoms with Crippen LogP contribution in [0.25, 0.3) is 6.08 Å². The van der Waals surface area contributed by atoms with E-state index in [4.69, 9.17) is 0 Å². The minimum Gasteiger partial charge on any atom is -0.481 e. The third-order valence-corrected chi connectivity index (χ3v) is 4.53. The fraction of sp³-hybridized carbons (Fsp3) is 0.250. The van der Waals surface area contributed by atoms with Crippen LogP contribution in [-0.4, -0.2) is 35.6 Å². The van der Waals surface area contributed by atoms with Crippen LogP contribution < -0.4 is 0 Å². The van der Waals surface area contributed by atoms with Gasteiger partial charge in [0, 0.05) is 25.6 Å². The molecule has 3 nitrogen and oxygen atoms in total. The van der Waals surface area contributed by atoms with E-state index in [9.17, 15) is 18.7 Å². The van der Waals surface area contributed by atoms with Gasteiger partial charge in [-0.15, -0.1) is 0 Å². The Balaban J connectivity index is 1.67. The molecule has 1 N–H and O–H groups in total. The summed E-state index contributed by atoms with van der Waals surface area (Å²) in [6.07, 6.45) is 3.81. The van der Waals surface area contributed by atoms with Gasteiger partial charge in [0.15, 0.2) is 0 Å². The molecule has 1 heterocycles. The highest BCUT2D eigenvalue weighted by atomic mass is 19.1.